The van der Waals surface area contributed by atoms with Crippen LogP contribution in [0.4, 0.5) is 0 Å². The number of benzene rings is 1. The average Bonchev–Trinajstić information content (AvgIpc) is 3.17. The lowest BCUT2D eigenvalue weighted by Crippen LogP contribution is -2.48. The minimum atomic E-state index is -1.30. The second-order valence-corrected chi connectivity index (χ2v) is 6.84. The topological polar surface area (TPSA) is 115 Å². The largest absolute Gasteiger partial charge is 0.394 e. The molecular formula is C17H19NO8. The summed E-state index contributed by atoms with van der Waals surface area (Å²) >= 11 is 0. The van der Waals surface area contributed by atoms with Gasteiger partial charge in [0, 0.05) is 0 Å². The Morgan fingerprint density at radius 2 is 1.81 bits per heavy atom. The van der Waals surface area contributed by atoms with Gasteiger partial charge in [0.25, 0.3) is 11.8 Å². The van der Waals surface area contributed by atoms with Gasteiger partial charge in [0.05, 0.1) is 17.7 Å². The molecule has 1 unspecified atom stereocenters. The molecule has 140 valence electrons. The molecule has 0 aliphatic carbocycles. The van der Waals surface area contributed by atoms with Crippen LogP contribution in [0.15, 0.2) is 24.3 Å². The first kappa shape index (κ1) is 17.5. The number of hydrogen-bond donors (Lipinski definition) is 2. The van der Waals surface area contributed by atoms with Crippen LogP contribution in [0.3, 0.4) is 0 Å². The Morgan fingerprint density at radius 3 is 2.38 bits per heavy atom. The number of rotatable bonds is 4. The SMILES string of the molecule is CC1(C)O[C@H]2O[C@H](C(O)CO)[C@H](ON3C(=O)c4ccccc4C3=O)[C@H]2O1. The van der Waals surface area contributed by atoms with Crippen LogP contribution in [0.25, 0.3) is 0 Å². The van der Waals surface area contributed by atoms with Crippen molar-refractivity contribution < 1.29 is 38.9 Å². The first-order chi connectivity index (χ1) is 12.3. The van der Waals surface area contributed by atoms with E-state index in [2.05, 4.69) is 0 Å². The lowest BCUT2D eigenvalue weighted by Gasteiger charge is -2.29. The Kier molecular flexibility index (Phi) is 4.10. The second kappa shape index (κ2) is 6.08. The van der Waals surface area contributed by atoms with Gasteiger partial charge in [0.2, 0.25) is 0 Å². The monoisotopic (exact) mass is 365 g/mol. The van der Waals surface area contributed by atoms with Gasteiger partial charge in [-0.2, -0.15) is 0 Å². The normalized spacial score (nSPS) is 33.5. The smallest absolute Gasteiger partial charge is 0.285 e. The van der Waals surface area contributed by atoms with E-state index in [1.54, 1.807) is 26.0 Å². The summed E-state index contributed by atoms with van der Waals surface area (Å²) in [7, 11) is 0. The van der Waals surface area contributed by atoms with Crippen molar-refractivity contribution in [3.05, 3.63) is 35.4 Å². The quantitative estimate of drug-likeness (QED) is 0.706. The summed E-state index contributed by atoms with van der Waals surface area (Å²) in [6.45, 7) is 2.78. The molecule has 26 heavy (non-hydrogen) atoms. The summed E-state index contributed by atoms with van der Waals surface area (Å²) in [6, 6.07) is 6.37. The predicted molar refractivity (Wildman–Crippen MR) is 83.6 cm³/mol. The van der Waals surface area contributed by atoms with Crippen LogP contribution in [-0.2, 0) is 19.0 Å². The van der Waals surface area contributed by atoms with E-state index in [4.69, 9.17) is 19.0 Å². The van der Waals surface area contributed by atoms with Crippen molar-refractivity contribution in [1.29, 1.82) is 0 Å². The molecule has 3 aliphatic heterocycles. The van der Waals surface area contributed by atoms with E-state index in [0.717, 1.165) is 0 Å². The highest BCUT2D eigenvalue weighted by atomic mass is 16.9. The van der Waals surface area contributed by atoms with Crippen LogP contribution >= 0.6 is 0 Å². The molecule has 1 aromatic carbocycles. The highest BCUT2D eigenvalue weighted by Gasteiger charge is 2.58. The van der Waals surface area contributed by atoms with Crippen LogP contribution < -0.4 is 0 Å². The molecule has 2 saturated heterocycles. The zero-order valence-corrected chi connectivity index (χ0v) is 14.2. The third-order valence-corrected chi connectivity index (χ3v) is 4.58. The lowest BCUT2D eigenvalue weighted by molar-refractivity contribution is -0.248. The molecule has 9 nitrogen and oxygen atoms in total. The molecule has 2 fully saturated rings. The van der Waals surface area contributed by atoms with Gasteiger partial charge in [0.1, 0.15) is 24.4 Å². The molecule has 1 aromatic rings. The molecule has 9 heteroatoms. The predicted octanol–water partition coefficient (Wildman–Crippen LogP) is -0.188. The first-order valence-corrected chi connectivity index (χ1v) is 8.27. The number of ether oxygens (including phenoxy) is 3. The zero-order chi connectivity index (χ0) is 18.6. The molecule has 0 radical (unpaired) electrons. The summed E-state index contributed by atoms with van der Waals surface area (Å²) in [4.78, 5) is 30.7. The van der Waals surface area contributed by atoms with E-state index < -0.39 is 54.9 Å². The van der Waals surface area contributed by atoms with Gasteiger partial charge in [-0.1, -0.05) is 12.1 Å². The molecule has 0 saturated carbocycles. The van der Waals surface area contributed by atoms with Crippen LogP contribution in [0.2, 0.25) is 0 Å². The van der Waals surface area contributed by atoms with Gasteiger partial charge in [-0.15, -0.1) is 5.06 Å². The van der Waals surface area contributed by atoms with Gasteiger partial charge in [0.15, 0.2) is 12.1 Å². The summed E-state index contributed by atoms with van der Waals surface area (Å²) in [5.41, 5.74) is 0.465. The van der Waals surface area contributed by atoms with Gasteiger partial charge in [-0.3, -0.25) is 14.4 Å². The van der Waals surface area contributed by atoms with E-state index >= 15 is 0 Å². The van der Waals surface area contributed by atoms with E-state index in [0.29, 0.717) is 5.06 Å². The molecule has 0 bridgehead atoms. The van der Waals surface area contributed by atoms with Crippen LogP contribution in [0.1, 0.15) is 34.6 Å². The number of hydroxylamine groups is 2. The highest BCUT2D eigenvalue weighted by Crippen LogP contribution is 2.40. The van der Waals surface area contributed by atoms with Crippen molar-refractivity contribution in [2.75, 3.05) is 6.61 Å². The van der Waals surface area contributed by atoms with E-state index in [1.165, 1.54) is 12.1 Å². The molecule has 3 aliphatic rings. The number of nitrogens with zero attached hydrogens (tertiary/aromatic N) is 1. The lowest BCUT2D eigenvalue weighted by atomic mass is 10.1. The number of aliphatic hydroxyl groups excluding tert-OH is 2. The van der Waals surface area contributed by atoms with E-state index in [-0.39, 0.29) is 11.1 Å². The summed E-state index contributed by atoms with van der Waals surface area (Å²) in [5, 5.41) is 20.0. The Labute approximate surface area is 149 Å². The number of carbonyl (C=O) groups excluding carboxylic acids is 2. The number of amides is 2. The summed E-state index contributed by atoms with van der Waals surface area (Å²) in [5.74, 6) is -2.16. The third-order valence-electron chi connectivity index (χ3n) is 4.58. The number of imide groups is 1. The molecule has 5 atom stereocenters. The number of carbonyl (C=O) groups is 2. The van der Waals surface area contributed by atoms with Gasteiger partial charge in [-0.05, 0) is 26.0 Å². The Morgan fingerprint density at radius 1 is 1.19 bits per heavy atom. The molecule has 0 aromatic heterocycles. The van der Waals surface area contributed by atoms with Gasteiger partial charge < -0.3 is 24.4 Å². The number of fused-ring (bicyclic) bond motifs is 2. The minimum absolute atomic E-state index is 0.233. The highest BCUT2D eigenvalue weighted by molar-refractivity contribution is 6.20. The van der Waals surface area contributed by atoms with Crippen LogP contribution in [-0.4, -0.2) is 70.2 Å². The second-order valence-electron chi connectivity index (χ2n) is 6.84. The maximum atomic E-state index is 12.5. The maximum absolute atomic E-state index is 12.5. The molecule has 3 heterocycles. The van der Waals surface area contributed by atoms with Gasteiger partial charge in [-0.25, -0.2) is 0 Å². The molecule has 2 amide bonds. The van der Waals surface area contributed by atoms with Crippen molar-refractivity contribution in [2.45, 2.75) is 50.3 Å². The molecule has 4 rings (SSSR count). The standard InChI is InChI=1S/C17H19NO8/c1-17(2)24-13-12(11(10(20)7-19)23-16(13)25-17)26-18-14(21)8-5-3-4-6-9(8)15(18)22/h3-6,10-13,16,19-20H,7H2,1-2H3/t10?,11-,12+,13-,16-/m1/s1. The van der Waals surface area contributed by atoms with Crippen molar-refractivity contribution in [1.82, 2.24) is 5.06 Å². The Balaban J connectivity index is 1.61. The van der Waals surface area contributed by atoms with Crippen molar-refractivity contribution >= 4 is 11.8 Å². The van der Waals surface area contributed by atoms with E-state index in [1.807, 2.05) is 0 Å². The fraction of sp³-hybridized carbons (Fsp3) is 0.529. The average molecular weight is 365 g/mol. The van der Waals surface area contributed by atoms with Gasteiger partial charge >= 0.3 is 0 Å². The van der Waals surface area contributed by atoms with Crippen LogP contribution in [0, 0.1) is 0 Å². The van der Waals surface area contributed by atoms with Crippen molar-refractivity contribution in [2.24, 2.45) is 0 Å². The molecule has 2 N–H and O–H groups in total. The number of aliphatic hydroxyl groups is 2. The Hall–Kier alpha value is -1.88. The Bertz CT molecular complexity index is 715. The first-order valence-electron chi connectivity index (χ1n) is 8.27. The van der Waals surface area contributed by atoms with Crippen molar-refractivity contribution in [3.63, 3.8) is 0 Å². The summed E-state index contributed by atoms with van der Waals surface area (Å²) < 4.78 is 17.0. The van der Waals surface area contributed by atoms with Crippen molar-refractivity contribution in [3.8, 4) is 0 Å². The summed E-state index contributed by atoms with van der Waals surface area (Å²) in [6.07, 6.45) is -4.98. The molecule has 0 spiro atoms. The third kappa shape index (κ3) is 2.64. The fourth-order valence-electron chi connectivity index (χ4n) is 3.42. The van der Waals surface area contributed by atoms with Crippen LogP contribution in [0.5, 0.6) is 0 Å². The zero-order valence-electron chi connectivity index (χ0n) is 14.2. The van der Waals surface area contributed by atoms with E-state index in [9.17, 15) is 19.8 Å². The minimum Gasteiger partial charge on any atom is -0.394 e. The maximum Gasteiger partial charge on any atom is 0.285 e. The fourth-order valence-corrected chi connectivity index (χ4v) is 3.42. The number of hydrogen-bond acceptors (Lipinski definition) is 8. The molecular weight excluding hydrogens is 346 g/mol.